The van der Waals surface area contributed by atoms with E-state index in [1.54, 1.807) is 11.0 Å². The summed E-state index contributed by atoms with van der Waals surface area (Å²) in [6, 6.07) is 12.1. The van der Waals surface area contributed by atoms with Gasteiger partial charge < -0.3 is 19.8 Å². The Hall–Kier alpha value is -3.91. The Balaban J connectivity index is 1.67. The van der Waals surface area contributed by atoms with Gasteiger partial charge in [-0.15, -0.1) is 0 Å². The van der Waals surface area contributed by atoms with E-state index >= 15 is 4.39 Å². The molecule has 1 amide bonds. The second-order valence-corrected chi connectivity index (χ2v) is 11.0. The lowest BCUT2D eigenvalue weighted by atomic mass is 9.96. The lowest BCUT2D eigenvalue weighted by Crippen LogP contribution is -2.56. The summed E-state index contributed by atoms with van der Waals surface area (Å²) in [4.78, 5) is 28.0. The van der Waals surface area contributed by atoms with Crippen molar-refractivity contribution in [3.05, 3.63) is 82.6 Å². The van der Waals surface area contributed by atoms with E-state index < -0.39 is 5.82 Å². The maximum absolute atomic E-state index is 15.9. The third-order valence-electron chi connectivity index (χ3n) is 7.57. The Bertz CT molecular complexity index is 1520. The molecule has 0 unspecified atom stereocenters. The minimum atomic E-state index is -0.590. The smallest absolute Gasteiger partial charge is 0.246 e. The minimum Gasteiger partial charge on any atom is -0.507 e. The first kappa shape index (κ1) is 27.6. The number of phenols is 1. The van der Waals surface area contributed by atoms with E-state index in [9.17, 15) is 9.90 Å². The number of aromatic hydroxyl groups is 1. The fourth-order valence-electron chi connectivity index (χ4n) is 5.57. The number of benzene rings is 2. The summed E-state index contributed by atoms with van der Waals surface area (Å²) in [5.74, 6) is 0.612. The van der Waals surface area contributed by atoms with Crippen LogP contribution in [0.1, 0.15) is 43.4 Å². The van der Waals surface area contributed by atoms with Gasteiger partial charge in [0.05, 0.1) is 11.3 Å². The van der Waals surface area contributed by atoms with Crippen LogP contribution in [0, 0.1) is 12.7 Å². The molecule has 1 saturated heterocycles. The number of anilines is 2. The Morgan fingerprint density at radius 1 is 1.20 bits per heavy atom. The van der Waals surface area contributed by atoms with Crippen molar-refractivity contribution >= 4 is 34.8 Å². The Kier molecular flexibility index (Phi) is 7.55. The van der Waals surface area contributed by atoms with Gasteiger partial charge >= 0.3 is 0 Å². The fraction of sp³-hybridized carbons (Fsp3) is 0.323. The fourth-order valence-corrected chi connectivity index (χ4v) is 5.74. The van der Waals surface area contributed by atoms with Gasteiger partial charge in [-0.25, -0.2) is 14.4 Å². The van der Waals surface area contributed by atoms with Crippen molar-refractivity contribution in [2.24, 2.45) is 4.99 Å². The number of para-hydroxylation sites is 1. The molecule has 9 heteroatoms. The molecule has 3 heterocycles. The SMILES string of the molecule is C=CC(=O)N1CCN(C2=NCN(c3c(C)cccc3C(C)C)c3nc(-c4cc(Cl)ccc4O)c(F)cc32)[C@@H](C)C1. The lowest BCUT2D eigenvalue weighted by molar-refractivity contribution is -0.128. The molecular weight excluding hydrogens is 529 g/mol. The van der Waals surface area contributed by atoms with Crippen LogP contribution in [-0.4, -0.2) is 64.0 Å². The highest BCUT2D eigenvalue weighted by Gasteiger charge is 2.35. The number of piperazine rings is 1. The molecule has 5 rings (SSSR count). The first-order valence-electron chi connectivity index (χ1n) is 13.4. The zero-order chi connectivity index (χ0) is 28.7. The number of halogens is 2. The number of aryl methyl sites for hydroxylation is 1. The number of nitrogens with zero attached hydrogens (tertiary/aromatic N) is 5. The van der Waals surface area contributed by atoms with E-state index in [0.717, 1.165) is 16.8 Å². The number of carbonyl (C=O) groups is 1. The first-order valence-corrected chi connectivity index (χ1v) is 13.8. The van der Waals surface area contributed by atoms with Crippen molar-refractivity contribution in [2.45, 2.75) is 39.7 Å². The molecule has 0 radical (unpaired) electrons. The van der Waals surface area contributed by atoms with Crippen LogP contribution >= 0.6 is 11.6 Å². The largest absolute Gasteiger partial charge is 0.507 e. The van der Waals surface area contributed by atoms with Crippen LogP contribution in [0.3, 0.4) is 0 Å². The van der Waals surface area contributed by atoms with Gasteiger partial charge in [0.2, 0.25) is 5.91 Å². The van der Waals surface area contributed by atoms with Crippen LogP contribution in [0.2, 0.25) is 5.02 Å². The molecular formula is C31H33ClFN5O2. The molecule has 1 aromatic heterocycles. The van der Waals surface area contributed by atoms with Crippen LogP contribution in [-0.2, 0) is 4.79 Å². The standard InChI is InChI=1S/C31H33ClFN5O2/c1-6-27(40)36-12-13-37(20(5)16-36)30-24-15-25(33)28(23-14-21(32)10-11-26(23)39)35-31(24)38(17-34-30)29-19(4)8-7-9-22(29)18(2)3/h6-11,14-15,18,20,39H,1,12-13,16-17H2,2-5H3/t20-/m0/s1. The van der Waals surface area contributed by atoms with Gasteiger partial charge in [-0.3, -0.25) is 4.79 Å². The number of carbonyl (C=O) groups excluding carboxylic acids is 1. The van der Waals surface area contributed by atoms with Gasteiger partial charge in [0.15, 0.2) is 5.82 Å². The average molecular weight is 562 g/mol. The Morgan fingerprint density at radius 3 is 2.67 bits per heavy atom. The van der Waals surface area contributed by atoms with E-state index in [2.05, 4.69) is 31.4 Å². The van der Waals surface area contributed by atoms with Crippen molar-refractivity contribution < 1.29 is 14.3 Å². The molecule has 2 aliphatic rings. The molecule has 1 atom stereocenters. The van der Waals surface area contributed by atoms with Gasteiger partial charge in [-0.1, -0.05) is 50.2 Å². The van der Waals surface area contributed by atoms with E-state index in [4.69, 9.17) is 21.6 Å². The van der Waals surface area contributed by atoms with Crippen LogP contribution in [0.15, 0.2) is 60.1 Å². The Morgan fingerprint density at radius 2 is 1.98 bits per heavy atom. The number of hydrogen-bond donors (Lipinski definition) is 1. The molecule has 2 aromatic carbocycles. The maximum Gasteiger partial charge on any atom is 0.246 e. The van der Waals surface area contributed by atoms with Crippen LogP contribution in [0.5, 0.6) is 5.75 Å². The highest BCUT2D eigenvalue weighted by molar-refractivity contribution is 6.31. The van der Waals surface area contributed by atoms with Crippen LogP contribution < -0.4 is 4.90 Å². The first-order chi connectivity index (χ1) is 19.1. The summed E-state index contributed by atoms with van der Waals surface area (Å²) in [5.41, 5.74) is 3.96. The summed E-state index contributed by atoms with van der Waals surface area (Å²) >= 11 is 6.22. The normalized spacial score (nSPS) is 17.1. The molecule has 208 valence electrons. The number of rotatable bonds is 4. The van der Waals surface area contributed by atoms with E-state index in [1.165, 1.54) is 24.3 Å². The van der Waals surface area contributed by atoms with E-state index in [1.807, 2.05) is 30.9 Å². The number of phenolic OH excluding ortho intramolecular Hbond substituents is 1. The summed E-state index contributed by atoms with van der Waals surface area (Å²) in [6.45, 7) is 13.8. The molecule has 40 heavy (non-hydrogen) atoms. The van der Waals surface area contributed by atoms with E-state index in [0.29, 0.717) is 41.9 Å². The van der Waals surface area contributed by atoms with Gasteiger partial charge in [0.1, 0.15) is 29.8 Å². The van der Waals surface area contributed by atoms with Gasteiger partial charge in [0.25, 0.3) is 0 Å². The van der Waals surface area contributed by atoms with Crippen LogP contribution in [0.25, 0.3) is 11.3 Å². The molecule has 0 bridgehead atoms. The molecule has 2 aliphatic heterocycles. The van der Waals surface area contributed by atoms with Crippen molar-refractivity contribution in [1.82, 2.24) is 14.8 Å². The van der Waals surface area contributed by atoms with Crippen molar-refractivity contribution in [3.63, 3.8) is 0 Å². The Labute approximate surface area is 239 Å². The number of hydrogen-bond acceptors (Lipinski definition) is 6. The third-order valence-corrected chi connectivity index (χ3v) is 7.81. The molecule has 3 aromatic rings. The minimum absolute atomic E-state index is 0.0131. The molecule has 1 N–H and O–H groups in total. The molecule has 0 aliphatic carbocycles. The second kappa shape index (κ2) is 10.9. The predicted octanol–water partition coefficient (Wildman–Crippen LogP) is 6.25. The van der Waals surface area contributed by atoms with Crippen molar-refractivity contribution in [3.8, 4) is 17.0 Å². The lowest BCUT2D eigenvalue weighted by Gasteiger charge is -2.43. The van der Waals surface area contributed by atoms with Gasteiger partial charge in [0, 0.05) is 36.3 Å². The summed E-state index contributed by atoms with van der Waals surface area (Å²) < 4.78 is 15.9. The third kappa shape index (κ3) is 4.92. The highest BCUT2D eigenvalue weighted by atomic mass is 35.5. The highest BCUT2D eigenvalue weighted by Crippen LogP contribution is 2.41. The number of pyridine rings is 1. The zero-order valence-corrected chi connectivity index (χ0v) is 23.9. The molecule has 0 spiro atoms. The summed E-state index contributed by atoms with van der Waals surface area (Å²) in [7, 11) is 0. The predicted molar refractivity (Wildman–Crippen MR) is 158 cm³/mol. The van der Waals surface area contributed by atoms with E-state index in [-0.39, 0.29) is 41.5 Å². The average Bonchev–Trinajstić information content (AvgIpc) is 2.93. The zero-order valence-electron chi connectivity index (χ0n) is 23.2. The maximum atomic E-state index is 15.9. The second-order valence-electron chi connectivity index (χ2n) is 10.6. The summed E-state index contributed by atoms with van der Waals surface area (Å²) in [6.07, 6.45) is 1.33. The quantitative estimate of drug-likeness (QED) is 0.381. The summed E-state index contributed by atoms with van der Waals surface area (Å²) in [5, 5.41) is 11.0. The molecule has 0 saturated carbocycles. The number of aliphatic imine (C=N–C) groups is 1. The van der Waals surface area contributed by atoms with Crippen molar-refractivity contribution in [2.75, 3.05) is 31.2 Å². The molecule has 7 nitrogen and oxygen atoms in total. The number of amides is 1. The van der Waals surface area contributed by atoms with Gasteiger partial charge in [-0.2, -0.15) is 0 Å². The number of amidine groups is 1. The van der Waals surface area contributed by atoms with Crippen LogP contribution in [0.4, 0.5) is 15.9 Å². The number of aromatic nitrogens is 1. The monoisotopic (exact) mass is 561 g/mol. The topological polar surface area (TPSA) is 72.3 Å². The van der Waals surface area contributed by atoms with Crippen molar-refractivity contribution in [1.29, 1.82) is 0 Å². The molecule has 1 fully saturated rings. The number of fused-ring (bicyclic) bond motifs is 1. The van der Waals surface area contributed by atoms with Gasteiger partial charge in [-0.05, 0) is 61.2 Å².